The van der Waals surface area contributed by atoms with E-state index in [1.165, 1.54) is 5.56 Å². The molecule has 0 unspecified atom stereocenters. The number of hydrogen-bond donors (Lipinski definition) is 2. The molecule has 1 amide bonds. The smallest absolute Gasteiger partial charge is 0.254 e. The molecule has 1 aromatic carbocycles. The number of carbonyl (C=O) groups is 1. The molecule has 0 saturated carbocycles. The Balaban J connectivity index is 1.38. The highest BCUT2D eigenvalue weighted by atomic mass is 16.5. The number of nitrogens with zero attached hydrogens (tertiary/aromatic N) is 3. The number of rotatable bonds is 5. The number of amides is 1. The zero-order valence-electron chi connectivity index (χ0n) is 19.4. The number of benzene rings is 1. The third-order valence-corrected chi connectivity index (χ3v) is 6.89. The highest BCUT2D eigenvalue weighted by Gasteiger charge is 2.27. The van der Waals surface area contributed by atoms with E-state index in [0.717, 1.165) is 71.3 Å². The number of aromatic nitrogens is 3. The van der Waals surface area contributed by atoms with Crippen LogP contribution < -0.4 is 10.6 Å². The predicted molar refractivity (Wildman–Crippen MR) is 132 cm³/mol. The average molecular weight is 454 g/mol. The normalized spacial score (nSPS) is 17.2. The van der Waals surface area contributed by atoms with Crippen LogP contribution in [0.25, 0.3) is 16.9 Å². The van der Waals surface area contributed by atoms with Gasteiger partial charge in [-0.2, -0.15) is 0 Å². The molecule has 172 valence electrons. The fourth-order valence-electron chi connectivity index (χ4n) is 5.13. The van der Waals surface area contributed by atoms with Gasteiger partial charge in [0.2, 0.25) is 0 Å². The molecule has 2 N–H and O–H groups in total. The van der Waals surface area contributed by atoms with E-state index in [4.69, 9.17) is 9.72 Å². The van der Waals surface area contributed by atoms with Crippen molar-refractivity contribution in [1.29, 1.82) is 0 Å². The number of fused-ring (bicyclic) bond motifs is 2. The van der Waals surface area contributed by atoms with Gasteiger partial charge in [-0.15, -0.1) is 0 Å². The second-order valence-electron chi connectivity index (χ2n) is 9.04. The van der Waals surface area contributed by atoms with Crippen LogP contribution in [-0.2, 0) is 17.7 Å². The molecule has 3 aromatic heterocycles. The van der Waals surface area contributed by atoms with Crippen molar-refractivity contribution >= 4 is 23.1 Å². The summed E-state index contributed by atoms with van der Waals surface area (Å²) in [5.41, 5.74) is 8.82. The first-order valence-corrected chi connectivity index (χ1v) is 11.8. The standard InChI is InChI=1S/C27H27N5O2/c1-3-21-18(17-9-11-34-15-17)5-7-24(30-21)31-22-6-4-19(20-13-29-27(33)26(20)22)23-14-28-25-12-16(2)8-10-32(23)25/h4-8,10,12,14,17H,3,9,11,13,15H2,1-2H3,(H,29,33)(H,30,31)/t17-/m0/s1. The van der Waals surface area contributed by atoms with Crippen LogP contribution in [0.15, 0.2) is 48.8 Å². The van der Waals surface area contributed by atoms with Crippen molar-refractivity contribution in [2.45, 2.75) is 39.2 Å². The maximum absolute atomic E-state index is 12.8. The molecule has 7 nitrogen and oxygen atoms in total. The fourth-order valence-corrected chi connectivity index (χ4v) is 5.13. The van der Waals surface area contributed by atoms with Gasteiger partial charge in [0.25, 0.3) is 5.91 Å². The summed E-state index contributed by atoms with van der Waals surface area (Å²) in [5, 5.41) is 6.42. The van der Waals surface area contributed by atoms with Crippen LogP contribution in [0.2, 0.25) is 0 Å². The lowest BCUT2D eigenvalue weighted by atomic mass is 9.96. The molecule has 7 heteroatoms. The van der Waals surface area contributed by atoms with Crippen molar-refractivity contribution in [3.63, 3.8) is 0 Å². The van der Waals surface area contributed by atoms with Crippen LogP contribution >= 0.6 is 0 Å². The monoisotopic (exact) mass is 453 g/mol. The first-order valence-electron chi connectivity index (χ1n) is 11.8. The molecular weight excluding hydrogens is 426 g/mol. The number of anilines is 2. The van der Waals surface area contributed by atoms with Crippen molar-refractivity contribution in [3.05, 3.63) is 76.7 Å². The van der Waals surface area contributed by atoms with E-state index in [2.05, 4.69) is 58.1 Å². The Morgan fingerprint density at radius 3 is 2.97 bits per heavy atom. The highest BCUT2D eigenvalue weighted by molar-refractivity contribution is 6.06. The molecule has 1 fully saturated rings. The Hall–Kier alpha value is -3.71. The largest absolute Gasteiger partial charge is 0.381 e. The van der Waals surface area contributed by atoms with Crippen molar-refractivity contribution < 1.29 is 9.53 Å². The molecule has 1 saturated heterocycles. The summed E-state index contributed by atoms with van der Waals surface area (Å²) in [6.45, 7) is 6.25. The van der Waals surface area contributed by atoms with Gasteiger partial charge in [0.1, 0.15) is 11.5 Å². The minimum atomic E-state index is -0.0699. The number of hydrogen-bond acceptors (Lipinski definition) is 5. The molecule has 0 spiro atoms. The summed E-state index contributed by atoms with van der Waals surface area (Å²) in [7, 11) is 0. The molecule has 5 heterocycles. The Bertz CT molecular complexity index is 1420. The van der Waals surface area contributed by atoms with Gasteiger partial charge in [-0.25, -0.2) is 9.97 Å². The molecule has 1 atom stereocenters. The average Bonchev–Trinajstić information content (AvgIpc) is 3.60. The van der Waals surface area contributed by atoms with Gasteiger partial charge >= 0.3 is 0 Å². The van der Waals surface area contributed by atoms with Gasteiger partial charge in [0.05, 0.1) is 29.7 Å². The van der Waals surface area contributed by atoms with E-state index in [1.54, 1.807) is 0 Å². The molecule has 4 aromatic rings. The maximum Gasteiger partial charge on any atom is 0.254 e. The van der Waals surface area contributed by atoms with Gasteiger partial charge < -0.3 is 15.4 Å². The van der Waals surface area contributed by atoms with Crippen LogP contribution in [0, 0.1) is 6.92 Å². The van der Waals surface area contributed by atoms with Crippen molar-refractivity contribution in [3.8, 4) is 11.3 Å². The lowest BCUT2D eigenvalue weighted by Gasteiger charge is -2.16. The van der Waals surface area contributed by atoms with Gasteiger partial charge in [-0.1, -0.05) is 19.1 Å². The summed E-state index contributed by atoms with van der Waals surface area (Å²) in [4.78, 5) is 22.3. The molecule has 2 aliphatic rings. The van der Waals surface area contributed by atoms with Crippen LogP contribution in [-0.4, -0.2) is 33.5 Å². The van der Waals surface area contributed by atoms with Crippen molar-refractivity contribution in [1.82, 2.24) is 19.7 Å². The first kappa shape index (κ1) is 20.9. The SMILES string of the molecule is CCc1nc(Nc2ccc(-c3cnc4cc(C)ccn34)c3c2C(=O)NC3)ccc1[C@H]1CCOC1. The number of nitrogens with one attached hydrogen (secondary N) is 2. The minimum absolute atomic E-state index is 0.0699. The topological polar surface area (TPSA) is 80.5 Å². The molecule has 0 radical (unpaired) electrons. The summed E-state index contributed by atoms with van der Waals surface area (Å²) in [6, 6.07) is 12.3. The van der Waals surface area contributed by atoms with Crippen molar-refractivity contribution in [2.75, 3.05) is 18.5 Å². The third-order valence-electron chi connectivity index (χ3n) is 6.89. The molecule has 0 bridgehead atoms. The summed E-state index contributed by atoms with van der Waals surface area (Å²) < 4.78 is 7.65. The Morgan fingerprint density at radius 1 is 1.24 bits per heavy atom. The fraction of sp³-hybridized carbons (Fsp3) is 0.296. The summed E-state index contributed by atoms with van der Waals surface area (Å²) >= 11 is 0. The number of aryl methyl sites for hydroxylation is 2. The third kappa shape index (κ3) is 3.44. The first-order chi connectivity index (χ1) is 16.6. The number of pyridine rings is 2. The van der Waals surface area contributed by atoms with E-state index in [-0.39, 0.29) is 5.91 Å². The maximum atomic E-state index is 12.8. The van der Waals surface area contributed by atoms with Crippen LogP contribution in [0.3, 0.4) is 0 Å². The van der Waals surface area contributed by atoms with Crippen LogP contribution in [0.4, 0.5) is 11.5 Å². The van der Waals surface area contributed by atoms with Gasteiger partial charge in [0, 0.05) is 36.5 Å². The zero-order chi connectivity index (χ0) is 23.2. The molecule has 2 aliphatic heterocycles. The van der Waals surface area contributed by atoms with Gasteiger partial charge in [-0.05, 0) is 60.7 Å². The predicted octanol–water partition coefficient (Wildman–Crippen LogP) is 4.76. The van der Waals surface area contributed by atoms with Gasteiger partial charge in [-0.3, -0.25) is 9.20 Å². The Kier molecular flexibility index (Phi) is 5.07. The molecule has 34 heavy (non-hydrogen) atoms. The second kappa shape index (κ2) is 8.25. The minimum Gasteiger partial charge on any atom is -0.381 e. The van der Waals surface area contributed by atoms with Crippen molar-refractivity contribution in [2.24, 2.45) is 0 Å². The lowest BCUT2D eigenvalue weighted by molar-refractivity contribution is 0.0966. The van der Waals surface area contributed by atoms with E-state index < -0.39 is 0 Å². The van der Waals surface area contributed by atoms with E-state index in [9.17, 15) is 4.79 Å². The van der Waals surface area contributed by atoms with Crippen LogP contribution in [0.5, 0.6) is 0 Å². The quantitative estimate of drug-likeness (QED) is 0.456. The highest BCUT2D eigenvalue weighted by Crippen LogP contribution is 2.36. The zero-order valence-corrected chi connectivity index (χ0v) is 19.4. The Labute approximate surface area is 198 Å². The Morgan fingerprint density at radius 2 is 2.15 bits per heavy atom. The number of ether oxygens (including phenoxy) is 1. The van der Waals surface area contributed by atoms with E-state index >= 15 is 0 Å². The number of imidazole rings is 1. The van der Waals surface area contributed by atoms with E-state index in [0.29, 0.717) is 18.0 Å². The second-order valence-corrected chi connectivity index (χ2v) is 9.04. The van der Waals surface area contributed by atoms with E-state index in [1.807, 2.05) is 24.5 Å². The van der Waals surface area contributed by atoms with Crippen LogP contribution in [0.1, 0.15) is 52.0 Å². The molecular formula is C27H27N5O2. The van der Waals surface area contributed by atoms with Gasteiger partial charge in [0.15, 0.2) is 0 Å². The number of carbonyl (C=O) groups excluding carboxylic acids is 1. The summed E-state index contributed by atoms with van der Waals surface area (Å²) in [6.07, 6.45) is 5.80. The molecule has 6 rings (SSSR count). The molecule has 0 aliphatic carbocycles. The summed E-state index contributed by atoms with van der Waals surface area (Å²) in [5.74, 6) is 1.10. The lowest BCUT2D eigenvalue weighted by Crippen LogP contribution is -2.13.